The summed E-state index contributed by atoms with van der Waals surface area (Å²) in [4.78, 5) is 12.6. The maximum atomic E-state index is 12.6. The molecular formula is C18H24N2O2. The van der Waals surface area contributed by atoms with Crippen LogP contribution in [0.4, 0.5) is 0 Å². The average Bonchev–Trinajstić information content (AvgIpc) is 2.46. The maximum absolute atomic E-state index is 12.6. The lowest BCUT2D eigenvalue weighted by atomic mass is 10.1. The van der Waals surface area contributed by atoms with E-state index in [1.54, 1.807) is 4.57 Å². The zero-order chi connectivity index (χ0) is 16.3. The fraction of sp³-hybridized carbons (Fsp3) is 0.389. The highest BCUT2D eigenvalue weighted by Crippen LogP contribution is 2.30. The Hall–Kier alpha value is -2.07. The molecule has 0 fully saturated rings. The van der Waals surface area contributed by atoms with Gasteiger partial charge in [0.2, 0.25) is 0 Å². The highest BCUT2D eigenvalue weighted by Gasteiger charge is 2.15. The van der Waals surface area contributed by atoms with Gasteiger partial charge in [-0.1, -0.05) is 12.1 Å². The average molecular weight is 300 g/mol. The maximum Gasteiger partial charge on any atom is 0.255 e. The number of hydrogen-bond donors (Lipinski definition) is 1. The van der Waals surface area contributed by atoms with Crippen LogP contribution in [0.15, 0.2) is 41.2 Å². The smallest absolute Gasteiger partial charge is 0.255 e. The van der Waals surface area contributed by atoms with Crippen molar-refractivity contribution in [1.29, 1.82) is 0 Å². The Morgan fingerprint density at radius 2 is 1.82 bits per heavy atom. The Bertz CT molecular complexity index is 702. The Labute approximate surface area is 131 Å². The van der Waals surface area contributed by atoms with Gasteiger partial charge in [0.25, 0.3) is 5.56 Å². The van der Waals surface area contributed by atoms with Crippen molar-refractivity contribution in [2.75, 3.05) is 0 Å². The molecule has 118 valence electrons. The first-order valence-electron chi connectivity index (χ1n) is 7.71. The van der Waals surface area contributed by atoms with Crippen molar-refractivity contribution in [3.8, 4) is 17.0 Å². The number of ether oxygens (including phenoxy) is 1. The lowest BCUT2D eigenvalue weighted by Crippen LogP contribution is -2.27. The van der Waals surface area contributed by atoms with Crippen LogP contribution < -0.4 is 16.0 Å². The van der Waals surface area contributed by atoms with Crippen LogP contribution in [0.1, 0.15) is 39.3 Å². The Kier molecular flexibility index (Phi) is 5.03. The molecule has 4 heteroatoms. The van der Waals surface area contributed by atoms with Crippen LogP contribution in [0.3, 0.4) is 0 Å². The van der Waals surface area contributed by atoms with Crippen molar-refractivity contribution < 1.29 is 4.74 Å². The van der Waals surface area contributed by atoms with E-state index in [0.717, 1.165) is 17.0 Å². The predicted molar refractivity (Wildman–Crippen MR) is 90.2 cm³/mol. The molecule has 0 amide bonds. The molecule has 2 N–H and O–H groups in total. The minimum absolute atomic E-state index is 0.0330. The monoisotopic (exact) mass is 300 g/mol. The molecule has 1 aromatic carbocycles. The van der Waals surface area contributed by atoms with E-state index >= 15 is 0 Å². The highest BCUT2D eigenvalue weighted by atomic mass is 16.5. The van der Waals surface area contributed by atoms with Gasteiger partial charge in [0.05, 0.1) is 11.8 Å². The van der Waals surface area contributed by atoms with Crippen LogP contribution >= 0.6 is 0 Å². The normalized spacial score (nSPS) is 12.5. The number of hydrogen-bond acceptors (Lipinski definition) is 3. The molecule has 0 aliphatic heterocycles. The summed E-state index contributed by atoms with van der Waals surface area (Å²) in [7, 11) is 0. The fourth-order valence-electron chi connectivity index (χ4n) is 2.53. The zero-order valence-corrected chi connectivity index (χ0v) is 13.7. The van der Waals surface area contributed by atoms with Gasteiger partial charge in [0.15, 0.2) is 0 Å². The number of nitrogens with two attached hydrogens (primary N) is 1. The number of pyridine rings is 1. The molecule has 0 radical (unpaired) electrons. The van der Waals surface area contributed by atoms with Crippen molar-refractivity contribution in [3.05, 3.63) is 52.3 Å². The van der Waals surface area contributed by atoms with Crippen molar-refractivity contribution in [2.24, 2.45) is 5.73 Å². The molecule has 1 unspecified atom stereocenters. The first-order valence-corrected chi connectivity index (χ1v) is 7.71. The van der Waals surface area contributed by atoms with Crippen molar-refractivity contribution in [3.63, 3.8) is 0 Å². The van der Waals surface area contributed by atoms with Gasteiger partial charge in [0.1, 0.15) is 5.75 Å². The third-order valence-corrected chi connectivity index (χ3v) is 3.54. The van der Waals surface area contributed by atoms with Gasteiger partial charge in [-0.25, -0.2) is 0 Å². The molecule has 2 aromatic rings. The quantitative estimate of drug-likeness (QED) is 0.921. The van der Waals surface area contributed by atoms with Gasteiger partial charge in [-0.3, -0.25) is 4.79 Å². The Balaban J connectivity index is 2.64. The molecule has 0 saturated carbocycles. The molecule has 1 aromatic heterocycles. The highest BCUT2D eigenvalue weighted by molar-refractivity contribution is 5.67. The number of benzene rings is 1. The van der Waals surface area contributed by atoms with Crippen LogP contribution in [0.5, 0.6) is 5.75 Å². The number of aromatic nitrogens is 1. The molecule has 22 heavy (non-hydrogen) atoms. The summed E-state index contributed by atoms with van der Waals surface area (Å²) in [5.41, 5.74) is 8.26. The van der Waals surface area contributed by atoms with Crippen LogP contribution in [-0.2, 0) is 6.54 Å². The molecule has 0 bridgehead atoms. The Morgan fingerprint density at radius 1 is 1.14 bits per heavy atom. The second-order valence-electron chi connectivity index (χ2n) is 5.67. The van der Waals surface area contributed by atoms with Gasteiger partial charge in [0, 0.05) is 23.7 Å². The zero-order valence-electron chi connectivity index (χ0n) is 13.7. The van der Waals surface area contributed by atoms with E-state index < -0.39 is 0 Å². The summed E-state index contributed by atoms with van der Waals surface area (Å²) in [6.45, 7) is 8.35. The standard InChI is InChI=1S/C18H24N2O2/c1-5-20-16(11-10-14(13(4)19)18(20)21)15-8-6-7-9-17(15)22-12(2)3/h6-13H,5,19H2,1-4H3. The van der Waals surface area contributed by atoms with Gasteiger partial charge in [-0.15, -0.1) is 0 Å². The first-order chi connectivity index (χ1) is 10.5. The van der Waals surface area contributed by atoms with Crippen molar-refractivity contribution >= 4 is 0 Å². The lowest BCUT2D eigenvalue weighted by molar-refractivity contribution is 0.243. The summed E-state index contributed by atoms with van der Waals surface area (Å²) < 4.78 is 7.63. The molecule has 2 rings (SSSR count). The van der Waals surface area contributed by atoms with E-state index in [1.165, 1.54) is 0 Å². The third kappa shape index (κ3) is 3.22. The molecule has 1 heterocycles. The van der Waals surface area contributed by atoms with E-state index in [1.807, 2.05) is 64.1 Å². The topological polar surface area (TPSA) is 57.2 Å². The predicted octanol–water partition coefficient (Wildman–Crippen LogP) is 3.34. The van der Waals surface area contributed by atoms with Crippen LogP contribution in [-0.4, -0.2) is 10.7 Å². The van der Waals surface area contributed by atoms with Gasteiger partial charge < -0.3 is 15.0 Å². The van der Waals surface area contributed by atoms with Gasteiger partial charge in [-0.2, -0.15) is 0 Å². The second kappa shape index (κ2) is 6.79. The molecular weight excluding hydrogens is 276 g/mol. The van der Waals surface area contributed by atoms with Gasteiger partial charge >= 0.3 is 0 Å². The van der Waals surface area contributed by atoms with Crippen LogP contribution in [0.25, 0.3) is 11.3 Å². The molecule has 1 atom stereocenters. The lowest BCUT2D eigenvalue weighted by Gasteiger charge is -2.18. The largest absolute Gasteiger partial charge is 0.490 e. The minimum atomic E-state index is -0.276. The third-order valence-electron chi connectivity index (χ3n) is 3.54. The van der Waals surface area contributed by atoms with Crippen LogP contribution in [0, 0.1) is 0 Å². The Morgan fingerprint density at radius 3 is 2.41 bits per heavy atom. The SMILES string of the molecule is CCn1c(-c2ccccc2OC(C)C)ccc(C(C)N)c1=O. The van der Waals surface area contributed by atoms with Gasteiger partial charge in [-0.05, 0) is 52.0 Å². The van der Waals surface area contributed by atoms with E-state index in [9.17, 15) is 4.79 Å². The van der Waals surface area contributed by atoms with E-state index in [-0.39, 0.29) is 17.7 Å². The molecule has 0 aliphatic carbocycles. The summed E-state index contributed by atoms with van der Waals surface area (Å²) in [6, 6.07) is 11.3. The number of rotatable bonds is 5. The minimum Gasteiger partial charge on any atom is -0.490 e. The molecule has 0 aliphatic rings. The second-order valence-corrected chi connectivity index (χ2v) is 5.67. The van der Waals surface area contributed by atoms with Crippen molar-refractivity contribution in [2.45, 2.75) is 46.4 Å². The van der Waals surface area contributed by atoms with E-state index in [2.05, 4.69) is 0 Å². The van der Waals surface area contributed by atoms with Crippen molar-refractivity contribution in [1.82, 2.24) is 4.57 Å². The summed E-state index contributed by atoms with van der Waals surface area (Å²) in [5.74, 6) is 0.785. The molecule has 4 nitrogen and oxygen atoms in total. The molecule has 0 saturated heterocycles. The summed E-state index contributed by atoms with van der Waals surface area (Å²) >= 11 is 0. The number of para-hydroxylation sites is 1. The van der Waals surface area contributed by atoms with Crippen LogP contribution in [0.2, 0.25) is 0 Å². The first kappa shape index (κ1) is 16.3. The summed E-state index contributed by atoms with van der Waals surface area (Å²) in [5, 5.41) is 0. The van der Waals surface area contributed by atoms with E-state index in [0.29, 0.717) is 12.1 Å². The fourth-order valence-corrected chi connectivity index (χ4v) is 2.53. The summed E-state index contributed by atoms with van der Waals surface area (Å²) in [6.07, 6.45) is 0.0753. The van der Waals surface area contributed by atoms with E-state index in [4.69, 9.17) is 10.5 Å². The number of nitrogens with zero attached hydrogens (tertiary/aromatic N) is 1. The molecule has 0 spiro atoms.